The molecule has 2 heterocycles. The Hall–Kier alpha value is -1.85. The highest BCUT2D eigenvalue weighted by Crippen LogP contribution is 2.32. The average molecular weight is 290 g/mol. The number of aryl methyl sites for hydroxylation is 1. The minimum Gasteiger partial charge on any atom is -0.339 e. The maximum absolute atomic E-state index is 12.2. The number of urea groups is 1. The van der Waals surface area contributed by atoms with Crippen molar-refractivity contribution in [1.29, 1.82) is 0 Å². The standard InChI is InChI=1S/C15H22N4O2/c1-2-13-17-14(21-18-13)7-8-16-15(20)19-9-11-5-3-4-6-12(11)10-19/h3-4,11-12H,2,5-10H2,1H3,(H,16,20). The third-order valence-corrected chi connectivity index (χ3v) is 4.35. The van der Waals surface area contributed by atoms with Gasteiger partial charge in [0.1, 0.15) is 0 Å². The van der Waals surface area contributed by atoms with E-state index in [4.69, 9.17) is 4.52 Å². The first-order valence-electron chi connectivity index (χ1n) is 7.75. The number of hydrogen-bond donors (Lipinski definition) is 1. The Morgan fingerprint density at radius 2 is 2.10 bits per heavy atom. The molecule has 0 spiro atoms. The molecule has 21 heavy (non-hydrogen) atoms. The van der Waals surface area contributed by atoms with Crippen molar-refractivity contribution in [3.8, 4) is 0 Å². The van der Waals surface area contributed by atoms with Crippen LogP contribution in [0.25, 0.3) is 0 Å². The van der Waals surface area contributed by atoms with Crippen molar-refractivity contribution in [3.05, 3.63) is 23.9 Å². The number of carbonyl (C=O) groups is 1. The molecule has 0 bridgehead atoms. The minimum absolute atomic E-state index is 0.0274. The quantitative estimate of drug-likeness (QED) is 0.858. The molecular weight excluding hydrogens is 268 g/mol. The van der Waals surface area contributed by atoms with Gasteiger partial charge < -0.3 is 14.7 Å². The summed E-state index contributed by atoms with van der Waals surface area (Å²) >= 11 is 0. The third-order valence-electron chi connectivity index (χ3n) is 4.35. The van der Waals surface area contributed by atoms with Crippen LogP contribution >= 0.6 is 0 Å². The number of nitrogens with zero attached hydrogens (tertiary/aromatic N) is 3. The lowest BCUT2D eigenvalue weighted by molar-refractivity contribution is 0.206. The fourth-order valence-corrected chi connectivity index (χ4v) is 3.10. The molecule has 3 rings (SSSR count). The number of allylic oxidation sites excluding steroid dienone is 2. The molecule has 0 radical (unpaired) electrons. The van der Waals surface area contributed by atoms with Crippen LogP contribution in [0.2, 0.25) is 0 Å². The van der Waals surface area contributed by atoms with Gasteiger partial charge in [-0.1, -0.05) is 24.2 Å². The molecule has 1 aromatic rings. The van der Waals surface area contributed by atoms with Gasteiger partial charge in [-0.3, -0.25) is 0 Å². The maximum atomic E-state index is 12.2. The lowest BCUT2D eigenvalue weighted by Gasteiger charge is -2.17. The molecule has 1 aliphatic carbocycles. The van der Waals surface area contributed by atoms with Gasteiger partial charge in [0.15, 0.2) is 5.82 Å². The molecule has 2 unspecified atom stereocenters. The van der Waals surface area contributed by atoms with E-state index in [0.29, 0.717) is 36.5 Å². The lowest BCUT2D eigenvalue weighted by Crippen LogP contribution is -2.39. The molecular formula is C15H22N4O2. The highest BCUT2D eigenvalue weighted by molar-refractivity contribution is 5.74. The van der Waals surface area contributed by atoms with Crippen LogP contribution in [0.5, 0.6) is 0 Å². The molecule has 1 saturated heterocycles. The van der Waals surface area contributed by atoms with E-state index in [1.54, 1.807) is 0 Å². The normalized spacial score (nSPS) is 24.1. The molecule has 2 aliphatic rings. The lowest BCUT2D eigenvalue weighted by atomic mass is 9.86. The average Bonchev–Trinajstić information content (AvgIpc) is 3.13. The topological polar surface area (TPSA) is 71.3 Å². The van der Waals surface area contributed by atoms with Crippen molar-refractivity contribution in [1.82, 2.24) is 20.4 Å². The van der Waals surface area contributed by atoms with E-state index in [1.807, 2.05) is 11.8 Å². The van der Waals surface area contributed by atoms with E-state index >= 15 is 0 Å². The van der Waals surface area contributed by atoms with Gasteiger partial charge >= 0.3 is 6.03 Å². The summed E-state index contributed by atoms with van der Waals surface area (Å²) < 4.78 is 5.11. The van der Waals surface area contributed by atoms with Gasteiger partial charge in [-0.05, 0) is 24.7 Å². The molecule has 2 atom stereocenters. The van der Waals surface area contributed by atoms with Crippen molar-refractivity contribution < 1.29 is 9.32 Å². The third kappa shape index (κ3) is 3.25. The van der Waals surface area contributed by atoms with Crippen molar-refractivity contribution in [2.75, 3.05) is 19.6 Å². The zero-order valence-corrected chi connectivity index (χ0v) is 12.4. The van der Waals surface area contributed by atoms with Crippen LogP contribution in [0, 0.1) is 11.8 Å². The number of fused-ring (bicyclic) bond motifs is 1. The van der Waals surface area contributed by atoms with Crippen molar-refractivity contribution in [2.24, 2.45) is 11.8 Å². The predicted molar refractivity (Wildman–Crippen MR) is 77.7 cm³/mol. The molecule has 2 amide bonds. The first-order valence-corrected chi connectivity index (χ1v) is 7.75. The highest BCUT2D eigenvalue weighted by atomic mass is 16.5. The molecule has 114 valence electrons. The van der Waals surface area contributed by atoms with Crippen LogP contribution in [0.1, 0.15) is 31.5 Å². The summed E-state index contributed by atoms with van der Waals surface area (Å²) in [4.78, 5) is 18.3. The Labute approximate surface area is 124 Å². The Balaban J connectivity index is 1.42. The molecule has 6 heteroatoms. The van der Waals surface area contributed by atoms with Crippen molar-refractivity contribution >= 4 is 6.03 Å². The zero-order chi connectivity index (χ0) is 14.7. The van der Waals surface area contributed by atoms with E-state index in [2.05, 4.69) is 27.6 Å². The van der Waals surface area contributed by atoms with Gasteiger partial charge in [-0.25, -0.2) is 4.79 Å². The van der Waals surface area contributed by atoms with Gasteiger partial charge in [-0.2, -0.15) is 4.98 Å². The molecule has 1 N–H and O–H groups in total. The van der Waals surface area contributed by atoms with Crippen molar-refractivity contribution in [2.45, 2.75) is 32.6 Å². The van der Waals surface area contributed by atoms with Crippen LogP contribution in [-0.2, 0) is 12.8 Å². The summed E-state index contributed by atoms with van der Waals surface area (Å²) in [5, 5.41) is 6.79. The predicted octanol–water partition coefficient (Wildman–Crippen LogP) is 1.78. The Morgan fingerprint density at radius 3 is 2.71 bits per heavy atom. The molecule has 1 aromatic heterocycles. The van der Waals surface area contributed by atoms with E-state index in [-0.39, 0.29) is 6.03 Å². The van der Waals surface area contributed by atoms with Crippen LogP contribution in [0.15, 0.2) is 16.7 Å². The Kier molecular flexibility index (Phi) is 4.22. The number of nitrogens with one attached hydrogen (secondary N) is 1. The molecule has 0 aromatic carbocycles. The van der Waals surface area contributed by atoms with Gasteiger partial charge in [0.05, 0.1) is 0 Å². The van der Waals surface area contributed by atoms with E-state index < -0.39 is 0 Å². The summed E-state index contributed by atoms with van der Waals surface area (Å²) in [5.74, 6) is 2.59. The minimum atomic E-state index is 0.0274. The second-order valence-electron chi connectivity index (χ2n) is 5.81. The molecule has 6 nitrogen and oxygen atoms in total. The molecule has 0 saturated carbocycles. The Morgan fingerprint density at radius 1 is 1.38 bits per heavy atom. The molecule has 1 aliphatic heterocycles. The first-order chi connectivity index (χ1) is 10.3. The number of likely N-dealkylation sites (tertiary alicyclic amines) is 1. The smallest absolute Gasteiger partial charge is 0.317 e. The number of aromatic nitrogens is 2. The SMILES string of the molecule is CCc1noc(CCNC(=O)N2CC3CC=CCC3C2)n1. The van der Waals surface area contributed by atoms with Gasteiger partial charge in [0.2, 0.25) is 5.89 Å². The van der Waals surface area contributed by atoms with E-state index in [1.165, 1.54) is 0 Å². The number of rotatable bonds is 4. The summed E-state index contributed by atoms with van der Waals surface area (Å²) in [7, 11) is 0. The summed E-state index contributed by atoms with van der Waals surface area (Å²) in [6.45, 7) is 4.27. The summed E-state index contributed by atoms with van der Waals surface area (Å²) in [6.07, 6.45) is 8.04. The zero-order valence-electron chi connectivity index (χ0n) is 12.4. The monoisotopic (exact) mass is 290 g/mol. The van der Waals surface area contributed by atoms with Gasteiger partial charge in [0, 0.05) is 32.5 Å². The van der Waals surface area contributed by atoms with E-state index in [0.717, 1.165) is 32.4 Å². The fourth-order valence-electron chi connectivity index (χ4n) is 3.10. The second-order valence-corrected chi connectivity index (χ2v) is 5.81. The largest absolute Gasteiger partial charge is 0.339 e. The van der Waals surface area contributed by atoms with Crippen LogP contribution in [-0.4, -0.2) is 40.7 Å². The second kappa shape index (κ2) is 6.28. The summed E-state index contributed by atoms with van der Waals surface area (Å²) in [6, 6.07) is 0.0274. The highest BCUT2D eigenvalue weighted by Gasteiger charge is 2.34. The number of hydrogen-bond acceptors (Lipinski definition) is 4. The van der Waals surface area contributed by atoms with Gasteiger partial charge in [-0.15, -0.1) is 0 Å². The van der Waals surface area contributed by atoms with Crippen LogP contribution in [0.4, 0.5) is 4.79 Å². The van der Waals surface area contributed by atoms with E-state index in [9.17, 15) is 4.79 Å². The maximum Gasteiger partial charge on any atom is 0.317 e. The number of amides is 2. The number of carbonyl (C=O) groups excluding carboxylic acids is 1. The first kappa shape index (κ1) is 14.1. The molecule has 1 fully saturated rings. The Bertz CT molecular complexity index is 509. The summed E-state index contributed by atoms with van der Waals surface area (Å²) in [5.41, 5.74) is 0. The van der Waals surface area contributed by atoms with Crippen LogP contribution in [0.3, 0.4) is 0 Å². The fraction of sp³-hybridized carbons (Fsp3) is 0.667. The van der Waals surface area contributed by atoms with Crippen LogP contribution < -0.4 is 5.32 Å². The van der Waals surface area contributed by atoms with Crippen molar-refractivity contribution in [3.63, 3.8) is 0 Å². The van der Waals surface area contributed by atoms with Gasteiger partial charge in [0.25, 0.3) is 0 Å².